The van der Waals surface area contributed by atoms with Crippen LogP contribution in [-0.4, -0.2) is 87.5 Å². The van der Waals surface area contributed by atoms with Crippen LogP contribution in [0.5, 0.6) is 5.75 Å². The molecule has 44 heavy (non-hydrogen) atoms. The van der Waals surface area contributed by atoms with Crippen molar-refractivity contribution in [1.82, 2.24) is 9.80 Å². The number of likely N-dealkylation sites (N-methyl/N-ethyl adjacent to an activating group) is 1. The van der Waals surface area contributed by atoms with Gasteiger partial charge >= 0.3 is 0 Å². The zero-order valence-corrected chi connectivity index (χ0v) is 25.0. The first-order valence-electron chi connectivity index (χ1n) is 14.4. The van der Waals surface area contributed by atoms with Crippen molar-refractivity contribution in [2.75, 3.05) is 28.2 Å². The van der Waals surface area contributed by atoms with Crippen LogP contribution in [0.2, 0.25) is 0 Å². The van der Waals surface area contributed by atoms with Gasteiger partial charge in [0.1, 0.15) is 22.8 Å². The van der Waals surface area contributed by atoms with E-state index in [0.29, 0.717) is 5.56 Å². The van der Waals surface area contributed by atoms with Gasteiger partial charge < -0.3 is 31.1 Å². The molecule has 6 rings (SSSR count). The molecule has 10 heteroatoms. The molecule has 228 valence electrons. The Bertz CT molecular complexity index is 1840. The first-order chi connectivity index (χ1) is 20.8. The Balaban J connectivity index is 1.56. The van der Waals surface area contributed by atoms with E-state index in [-0.39, 0.29) is 29.7 Å². The third-order valence-electron chi connectivity index (χ3n) is 9.40. The standard InChI is InChI=1S/C34H35N3O7/c1-36(2)15-16-9-10-20(19-8-6-5-7-18(16)19)21-11-12-24(38)26-22(21)13-17-14-23-28(37(3)4)30(40)27(33(35)43)32(42)34(23,44)31(41)25(17)29(26)39/h5-12,17,23,28,38-39,42,44H,13-15H2,1-4H3,(H2,35,43)/t17-,23-,28?,34-/m1/s1. The minimum atomic E-state index is -2.67. The maximum absolute atomic E-state index is 14.1. The Kier molecular flexibility index (Phi) is 6.92. The summed E-state index contributed by atoms with van der Waals surface area (Å²) in [5, 5.41) is 47.6. The lowest BCUT2D eigenvalue weighted by molar-refractivity contribution is -0.153. The molecule has 0 aromatic heterocycles. The number of aromatic hydroxyl groups is 1. The number of nitrogens with two attached hydrogens (primary N) is 1. The fourth-order valence-corrected chi connectivity index (χ4v) is 7.57. The lowest BCUT2D eigenvalue weighted by atomic mass is 9.57. The van der Waals surface area contributed by atoms with E-state index in [1.807, 2.05) is 38.4 Å². The Morgan fingerprint density at radius 1 is 0.955 bits per heavy atom. The molecule has 0 radical (unpaired) electrons. The summed E-state index contributed by atoms with van der Waals surface area (Å²) in [5.74, 6) is -6.71. The average Bonchev–Trinajstić information content (AvgIpc) is 2.95. The zero-order chi connectivity index (χ0) is 31.8. The van der Waals surface area contributed by atoms with Crippen LogP contribution in [0.15, 0.2) is 65.4 Å². The van der Waals surface area contributed by atoms with Gasteiger partial charge in [-0.25, -0.2) is 0 Å². The van der Waals surface area contributed by atoms with Gasteiger partial charge in [-0.3, -0.25) is 19.3 Å². The van der Waals surface area contributed by atoms with E-state index in [0.717, 1.165) is 34.0 Å². The number of fused-ring (bicyclic) bond motifs is 4. The summed E-state index contributed by atoms with van der Waals surface area (Å²) in [6, 6.07) is 14.2. The van der Waals surface area contributed by atoms with Crippen LogP contribution < -0.4 is 5.73 Å². The molecule has 1 saturated carbocycles. The Morgan fingerprint density at radius 2 is 1.61 bits per heavy atom. The van der Waals surface area contributed by atoms with Crippen LogP contribution in [0.25, 0.3) is 27.7 Å². The molecule has 1 fully saturated rings. The minimum absolute atomic E-state index is 0.0311. The number of primary amides is 1. The summed E-state index contributed by atoms with van der Waals surface area (Å²) >= 11 is 0. The molecule has 3 aromatic rings. The number of aliphatic hydroxyl groups is 3. The number of ketones is 2. The highest BCUT2D eigenvalue weighted by molar-refractivity contribution is 6.24. The lowest BCUT2D eigenvalue weighted by Crippen LogP contribution is -2.65. The van der Waals surface area contributed by atoms with Gasteiger partial charge in [-0.1, -0.05) is 42.5 Å². The summed E-state index contributed by atoms with van der Waals surface area (Å²) in [7, 11) is 7.16. The third-order valence-corrected chi connectivity index (χ3v) is 9.40. The van der Waals surface area contributed by atoms with E-state index in [1.54, 1.807) is 20.2 Å². The summed E-state index contributed by atoms with van der Waals surface area (Å²) in [6.07, 6.45) is 0.245. The van der Waals surface area contributed by atoms with Gasteiger partial charge in [-0.05, 0) is 86.0 Å². The zero-order valence-electron chi connectivity index (χ0n) is 25.0. The van der Waals surface area contributed by atoms with Crippen molar-refractivity contribution in [1.29, 1.82) is 0 Å². The smallest absolute Gasteiger partial charge is 0.255 e. The summed E-state index contributed by atoms with van der Waals surface area (Å²) in [4.78, 5) is 43.3. The van der Waals surface area contributed by atoms with E-state index in [9.17, 15) is 34.8 Å². The maximum Gasteiger partial charge on any atom is 0.255 e. The molecule has 0 saturated heterocycles. The Morgan fingerprint density at radius 3 is 2.25 bits per heavy atom. The van der Waals surface area contributed by atoms with Crippen molar-refractivity contribution in [2.45, 2.75) is 31.0 Å². The molecule has 1 unspecified atom stereocenters. The van der Waals surface area contributed by atoms with Crippen LogP contribution in [-0.2, 0) is 27.3 Å². The number of amides is 1. The summed E-state index contributed by atoms with van der Waals surface area (Å²) in [6.45, 7) is 0.736. The molecular weight excluding hydrogens is 562 g/mol. The Labute approximate surface area is 254 Å². The second kappa shape index (κ2) is 10.3. The van der Waals surface area contributed by atoms with Crippen LogP contribution >= 0.6 is 0 Å². The molecule has 4 atom stereocenters. The molecule has 1 amide bonds. The highest BCUT2D eigenvalue weighted by Gasteiger charge is 2.64. The largest absolute Gasteiger partial charge is 0.508 e. The van der Waals surface area contributed by atoms with E-state index < -0.39 is 58.0 Å². The Hall–Kier alpha value is -4.51. The molecule has 0 aliphatic heterocycles. The number of carbonyl (C=O) groups excluding carboxylic acids is 3. The summed E-state index contributed by atoms with van der Waals surface area (Å²) < 4.78 is 0. The first-order valence-corrected chi connectivity index (χ1v) is 14.4. The number of phenols is 1. The molecule has 0 spiro atoms. The van der Waals surface area contributed by atoms with Crippen molar-refractivity contribution in [3.63, 3.8) is 0 Å². The van der Waals surface area contributed by atoms with Gasteiger partial charge in [0.2, 0.25) is 5.78 Å². The number of hydrogen-bond donors (Lipinski definition) is 5. The highest BCUT2D eigenvalue weighted by Crippen LogP contribution is 2.54. The van der Waals surface area contributed by atoms with E-state index in [1.165, 1.54) is 11.0 Å². The fourth-order valence-electron chi connectivity index (χ4n) is 7.57. The SMILES string of the molecule is CN(C)Cc1ccc(-c2ccc(O)c3c2C[C@@H]2C[C@@H]4C(N(C)C)C(=O)C(C(N)=O)=C(O)[C@]4(O)C(=O)C2=C3O)c2ccccc12. The fraction of sp³-hybridized carbons (Fsp3) is 0.324. The van der Waals surface area contributed by atoms with Gasteiger partial charge in [0, 0.05) is 18.0 Å². The second-order valence-corrected chi connectivity index (χ2v) is 12.5. The van der Waals surface area contributed by atoms with Gasteiger partial charge in [0.15, 0.2) is 11.4 Å². The quantitative estimate of drug-likeness (QED) is 0.278. The minimum Gasteiger partial charge on any atom is -0.508 e. The number of carbonyl (C=O) groups is 3. The van der Waals surface area contributed by atoms with E-state index >= 15 is 0 Å². The van der Waals surface area contributed by atoms with Crippen molar-refractivity contribution in [2.24, 2.45) is 17.6 Å². The predicted molar refractivity (Wildman–Crippen MR) is 165 cm³/mol. The van der Waals surface area contributed by atoms with Crippen LogP contribution in [0.1, 0.15) is 23.1 Å². The summed E-state index contributed by atoms with van der Waals surface area (Å²) in [5.41, 5.74) is 5.23. The van der Waals surface area contributed by atoms with Gasteiger partial charge in [-0.15, -0.1) is 0 Å². The number of Topliss-reactive ketones (excluding diaryl/α,β-unsaturated/α-hetero) is 2. The molecule has 10 nitrogen and oxygen atoms in total. The first kappa shape index (κ1) is 29.6. The van der Waals surface area contributed by atoms with Crippen molar-refractivity contribution < 1.29 is 34.8 Å². The molecule has 6 N–H and O–H groups in total. The molecule has 3 aliphatic carbocycles. The molecular formula is C34H35N3O7. The van der Waals surface area contributed by atoms with Gasteiger partial charge in [0.25, 0.3) is 5.91 Å². The molecule has 0 bridgehead atoms. The average molecular weight is 598 g/mol. The van der Waals surface area contributed by atoms with Crippen LogP contribution in [0.4, 0.5) is 0 Å². The third kappa shape index (κ3) is 4.09. The van der Waals surface area contributed by atoms with Crippen molar-refractivity contribution >= 4 is 34.0 Å². The monoisotopic (exact) mass is 597 g/mol. The molecule has 0 heterocycles. The maximum atomic E-state index is 14.1. The number of rotatable bonds is 5. The van der Waals surface area contributed by atoms with E-state index in [4.69, 9.17) is 5.73 Å². The molecule has 3 aromatic carbocycles. The number of benzene rings is 3. The van der Waals surface area contributed by atoms with Gasteiger partial charge in [-0.2, -0.15) is 0 Å². The topological polar surface area (TPSA) is 165 Å². The van der Waals surface area contributed by atoms with Gasteiger partial charge in [0.05, 0.1) is 11.6 Å². The number of nitrogens with zero attached hydrogens (tertiary/aromatic N) is 2. The lowest BCUT2D eigenvalue weighted by Gasteiger charge is -2.50. The number of phenolic OH excluding ortho intramolecular Hbond substituents is 1. The van der Waals surface area contributed by atoms with Crippen LogP contribution in [0.3, 0.4) is 0 Å². The second-order valence-electron chi connectivity index (χ2n) is 12.5. The number of hydrogen-bond acceptors (Lipinski definition) is 9. The highest BCUT2D eigenvalue weighted by atomic mass is 16.3. The predicted octanol–water partition coefficient (Wildman–Crippen LogP) is 2.85. The molecule has 3 aliphatic rings. The number of aliphatic hydroxyl groups excluding tert-OH is 2. The van der Waals surface area contributed by atoms with Crippen LogP contribution in [0, 0.1) is 11.8 Å². The van der Waals surface area contributed by atoms with E-state index in [2.05, 4.69) is 17.0 Å². The van der Waals surface area contributed by atoms with Crippen molar-refractivity contribution in [3.8, 4) is 16.9 Å². The van der Waals surface area contributed by atoms with Crippen molar-refractivity contribution in [3.05, 3.63) is 82.1 Å². The normalized spacial score (nSPS) is 25.0.